The van der Waals surface area contributed by atoms with Crippen molar-refractivity contribution in [3.8, 4) is 0 Å². The van der Waals surface area contributed by atoms with E-state index in [1.807, 2.05) is 6.92 Å². The summed E-state index contributed by atoms with van der Waals surface area (Å²) in [5, 5.41) is 12.6. The van der Waals surface area contributed by atoms with Crippen LogP contribution in [0.2, 0.25) is 0 Å². The Labute approximate surface area is 102 Å². The van der Waals surface area contributed by atoms with E-state index in [0.29, 0.717) is 0 Å². The minimum Gasteiger partial charge on any atom is -0.390 e. The van der Waals surface area contributed by atoms with Crippen LogP contribution >= 0.6 is 0 Å². The number of hydrogen-bond donors (Lipinski definition) is 2. The van der Waals surface area contributed by atoms with Gasteiger partial charge >= 0.3 is 0 Å². The van der Waals surface area contributed by atoms with Gasteiger partial charge in [-0.05, 0) is 26.8 Å². The van der Waals surface area contributed by atoms with Gasteiger partial charge in [0.2, 0.25) is 0 Å². The van der Waals surface area contributed by atoms with Crippen LogP contribution in [-0.2, 0) is 14.8 Å². The fraction of sp³-hybridized carbons (Fsp3) is 0.900. The Kier molecular flexibility index (Phi) is 4.16. The second kappa shape index (κ2) is 4.91. The van der Waals surface area contributed by atoms with Crippen molar-refractivity contribution in [1.82, 2.24) is 9.62 Å². The summed E-state index contributed by atoms with van der Waals surface area (Å²) in [6, 6.07) is 0. The molecular weight excluding hydrogens is 244 g/mol. The summed E-state index contributed by atoms with van der Waals surface area (Å²) in [6.45, 7) is 5.62. The Morgan fingerprint density at radius 1 is 1.47 bits per heavy atom. The first-order valence-electron chi connectivity index (χ1n) is 5.70. The summed E-state index contributed by atoms with van der Waals surface area (Å²) in [4.78, 5) is 11.6. The first-order valence-corrected chi connectivity index (χ1v) is 7.14. The third kappa shape index (κ3) is 2.46. The molecule has 100 valence electrons. The minimum atomic E-state index is -3.58. The predicted molar refractivity (Wildman–Crippen MR) is 63.9 cm³/mol. The molecule has 1 atom stereocenters. The Morgan fingerprint density at radius 3 is 2.53 bits per heavy atom. The Bertz CT molecular complexity index is 391. The monoisotopic (exact) mass is 264 g/mol. The molecule has 1 rings (SSSR count). The average molecular weight is 264 g/mol. The molecule has 1 aliphatic heterocycles. The van der Waals surface area contributed by atoms with Crippen LogP contribution in [0.25, 0.3) is 0 Å². The molecule has 2 N–H and O–H groups in total. The van der Waals surface area contributed by atoms with Crippen molar-refractivity contribution >= 4 is 15.9 Å². The summed E-state index contributed by atoms with van der Waals surface area (Å²) in [7, 11) is -3.58. The molecule has 0 aromatic heterocycles. The number of hydrogen-bond acceptors (Lipinski definition) is 5. The van der Waals surface area contributed by atoms with E-state index in [-0.39, 0.29) is 13.1 Å². The van der Waals surface area contributed by atoms with Gasteiger partial charge in [0, 0.05) is 6.54 Å². The lowest BCUT2D eigenvalue weighted by molar-refractivity contribution is -0.133. The predicted octanol–water partition coefficient (Wildman–Crippen LogP) is -0.702. The second-order valence-corrected chi connectivity index (χ2v) is 7.12. The first-order chi connectivity index (χ1) is 7.75. The number of carbonyl (C=O) groups is 1. The third-order valence-corrected chi connectivity index (χ3v) is 5.22. The number of rotatable bonds is 6. The van der Waals surface area contributed by atoms with E-state index in [9.17, 15) is 18.3 Å². The quantitative estimate of drug-likeness (QED) is 0.619. The lowest BCUT2D eigenvalue weighted by Crippen LogP contribution is -2.68. The molecule has 1 aliphatic rings. The Hall–Kier alpha value is -0.660. The highest BCUT2D eigenvalue weighted by molar-refractivity contribution is 7.94. The number of β-amino-alcohol motifs (C(OH)–C–C–N with tert-alkyl or cyclic N) is 1. The van der Waals surface area contributed by atoms with Crippen LogP contribution in [0.4, 0.5) is 0 Å². The van der Waals surface area contributed by atoms with Crippen molar-refractivity contribution in [3.63, 3.8) is 0 Å². The highest BCUT2D eigenvalue weighted by Gasteiger charge is 2.60. The molecule has 17 heavy (non-hydrogen) atoms. The summed E-state index contributed by atoms with van der Waals surface area (Å²) < 4.78 is 22.9. The van der Waals surface area contributed by atoms with E-state index >= 15 is 0 Å². The molecule has 0 aromatic rings. The van der Waals surface area contributed by atoms with Gasteiger partial charge in [-0.25, -0.2) is 12.7 Å². The first kappa shape index (κ1) is 14.4. The molecular formula is C10H20N2O4S. The fourth-order valence-corrected chi connectivity index (χ4v) is 3.20. The molecule has 0 aliphatic carbocycles. The molecule has 1 unspecified atom stereocenters. The normalized spacial score (nSPS) is 23.3. The Balaban J connectivity index is 2.52. The van der Waals surface area contributed by atoms with Crippen molar-refractivity contribution in [3.05, 3.63) is 0 Å². The maximum atomic E-state index is 11.7. The second-order valence-electron chi connectivity index (χ2n) is 4.71. The van der Waals surface area contributed by atoms with Gasteiger partial charge in [0.25, 0.3) is 15.9 Å². The van der Waals surface area contributed by atoms with E-state index in [2.05, 4.69) is 5.32 Å². The van der Waals surface area contributed by atoms with Gasteiger partial charge in [-0.3, -0.25) is 4.79 Å². The molecule has 7 heteroatoms. The van der Waals surface area contributed by atoms with Gasteiger partial charge in [-0.1, -0.05) is 6.92 Å². The molecule has 1 amide bonds. The third-order valence-electron chi connectivity index (χ3n) is 2.86. The van der Waals surface area contributed by atoms with Crippen molar-refractivity contribution in [2.24, 2.45) is 0 Å². The SMILES string of the molecule is CCCNCC(O)CN1C(=O)C(C)(C)S1(=O)=O. The van der Waals surface area contributed by atoms with Crippen LogP contribution in [0.5, 0.6) is 0 Å². The molecule has 0 spiro atoms. The number of aliphatic hydroxyl groups excluding tert-OH is 1. The van der Waals surface area contributed by atoms with Gasteiger partial charge < -0.3 is 10.4 Å². The highest BCUT2D eigenvalue weighted by Crippen LogP contribution is 2.34. The number of nitrogens with one attached hydrogen (secondary N) is 1. The summed E-state index contributed by atoms with van der Waals surface area (Å²) >= 11 is 0. The van der Waals surface area contributed by atoms with E-state index in [4.69, 9.17) is 0 Å². The number of aliphatic hydroxyl groups is 1. The Morgan fingerprint density at radius 2 is 2.06 bits per heavy atom. The van der Waals surface area contributed by atoms with E-state index < -0.39 is 26.8 Å². The standard InChI is InChI=1S/C10H20N2O4S/c1-4-5-11-6-8(13)7-12-9(14)10(2,3)17(12,15)16/h8,11,13H,4-7H2,1-3H3. The van der Waals surface area contributed by atoms with Crippen molar-refractivity contribution in [2.45, 2.75) is 38.0 Å². The lowest BCUT2D eigenvalue weighted by atomic mass is 10.2. The smallest absolute Gasteiger partial charge is 0.258 e. The molecule has 1 saturated heterocycles. The number of sulfonamides is 1. The molecule has 6 nitrogen and oxygen atoms in total. The fourth-order valence-electron chi connectivity index (χ4n) is 1.64. The number of nitrogens with zero attached hydrogens (tertiary/aromatic N) is 1. The van der Waals surface area contributed by atoms with E-state index in [1.54, 1.807) is 0 Å². The van der Waals surface area contributed by atoms with Crippen LogP contribution in [-0.4, -0.2) is 54.2 Å². The molecule has 1 heterocycles. The van der Waals surface area contributed by atoms with Gasteiger partial charge in [0.05, 0.1) is 12.6 Å². The van der Waals surface area contributed by atoms with E-state index in [0.717, 1.165) is 17.3 Å². The maximum absolute atomic E-state index is 11.7. The number of carbonyl (C=O) groups excluding carboxylic acids is 1. The van der Waals surface area contributed by atoms with Crippen LogP contribution in [0.1, 0.15) is 27.2 Å². The molecule has 1 fully saturated rings. The maximum Gasteiger partial charge on any atom is 0.258 e. The van der Waals surface area contributed by atoms with Crippen LogP contribution in [0.15, 0.2) is 0 Å². The zero-order valence-electron chi connectivity index (χ0n) is 10.4. The molecule has 0 aromatic carbocycles. The highest BCUT2D eigenvalue weighted by atomic mass is 32.2. The van der Waals surface area contributed by atoms with Gasteiger partial charge in [-0.2, -0.15) is 0 Å². The molecule has 0 radical (unpaired) electrons. The van der Waals surface area contributed by atoms with Gasteiger partial charge in [0.15, 0.2) is 4.75 Å². The van der Waals surface area contributed by atoms with E-state index in [1.165, 1.54) is 13.8 Å². The minimum absolute atomic E-state index is 0.165. The summed E-state index contributed by atoms with van der Waals surface area (Å²) in [5.74, 6) is -0.452. The lowest BCUT2D eigenvalue weighted by Gasteiger charge is -2.43. The van der Waals surface area contributed by atoms with Gasteiger partial charge in [0.1, 0.15) is 0 Å². The van der Waals surface area contributed by atoms with Crippen molar-refractivity contribution < 1.29 is 18.3 Å². The summed E-state index contributed by atoms with van der Waals surface area (Å²) in [5.41, 5.74) is 0. The van der Waals surface area contributed by atoms with Gasteiger partial charge in [-0.15, -0.1) is 0 Å². The zero-order chi connectivity index (χ0) is 13.3. The zero-order valence-corrected chi connectivity index (χ0v) is 11.2. The van der Waals surface area contributed by atoms with Crippen LogP contribution in [0, 0.1) is 0 Å². The topological polar surface area (TPSA) is 86.7 Å². The van der Waals surface area contributed by atoms with Crippen LogP contribution < -0.4 is 5.32 Å². The number of amides is 1. The largest absolute Gasteiger partial charge is 0.390 e. The van der Waals surface area contributed by atoms with Crippen molar-refractivity contribution in [2.75, 3.05) is 19.6 Å². The molecule has 0 saturated carbocycles. The summed E-state index contributed by atoms with van der Waals surface area (Å²) in [6.07, 6.45) is 0.0668. The molecule has 0 bridgehead atoms. The van der Waals surface area contributed by atoms with Crippen LogP contribution in [0.3, 0.4) is 0 Å². The van der Waals surface area contributed by atoms with Crippen molar-refractivity contribution in [1.29, 1.82) is 0 Å². The average Bonchev–Trinajstić information content (AvgIpc) is 2.25.